The van der Waals surface area contributed by atoms with E-state index in [1.165, 1.54) is 49.0 Å². The highest BCUT2D eigenvalue weighted by atomic mass is 35.5. The van der Waals surface area contributed by atoms with Crippen LogP contribution in [0.15, 0.2) is 42.5 Å². The minimum Gasteiger partial charge on any atom is -0.350 e. The molecule has 0 aromatic heterocycles. The topological polar surface area (TPSA) is 86.8 Å². The zero-order chi connectivity index (χ0) is 32.0. The van der Waals surface area contributed by atoms with Crippen molar-refractivity contribution in [2.45, 2.75) is 96.2 Å². The summed E-state index contributed by atoms with van der Waals surface area (Å²) in [5.74, 6) is 1.54. The van der Waals surface area contributed by atoms with Crippen LogP contribution < -0.4 is 9.62 Å². The Hall–Kier alpha value is -2.29. The molecule has 10 heteroatoms. The summed E-state index contributed by atoms with van der Waals surface area (Å²) < 4.78 is 27.4. The van der Waals surface area contributed by atoms with Crippen molar-refractivity contribution in [2.75, 3.05) is 17.1 Å². The number of hydrogen-bond acceptors (Lipinski definition) is 4. The van der Waals surface area contributed by atoms with Crippen molar-refractivity contribution in [3.8, 4) is 0 Å². The van der Waals surface area contributed by atoms with Crippen LogP contribution in [-0.2, 0) is 31.6 Å². The molecule has 4 saturated carbocycles. The minimum atomic E-state index is -3.84. The van der Waals surface area contributed by atoms with Gasteiger partial charge in [-0.3, -0.25) is 13.9 Å². The molecule has 6 rings (SSSR count). The molecule has 2 aromatic rings. The summed E-state index contributed by atoms with van der Waals surface area (Å²) in [4.78, 5) is 29.0. The third kappa shape index (κ3) is 7.07. The van der Waals surface area contributed by atoms with Gasteiger partial charge in [-0.05, 0) is 119 Å². The van der Waals surface area contributed by atoms with Crippen molar-refractivity contribution in [3.05, 3.63) is 63.6 Å². The molecule has 0 aliphatic heterocycles. The molecule has 240 valence electrons. The fourth-order valence-electron chi connectivity index (χ4n) is 8.29. The molecule has 44 heavy (non-hydrogen) atoms. The molecule has 0 radical (unpaired) electrons. The van der Waals surface area contributed by atoms with Crippen molar-refractivity contribution in [1.82, 2.24) is 10.2 Å². The number of carbonyl (C=O) groups excluding carboxylic acids is 2. The van der Waals surface area contributed by atoms with E-state index in [4.69, 9.17) is 23.2 Å². The molecule has 4 aliphatic rings. The number of sulfonamides is 1. The molecule has 4 aliphatic carbocycles. The van der Waals surface area contributed by atoms with Crippen LogP contribution in [0.1, 0.15) is 83.8 Å². The summed E-state index contributed by atoms with van der Waals surface area (Å²) in [5.41, 5.74) is 1.85. The summed E-state index contributed by atoms with van der Waals surface area (Å²) in [5, 5.41) is 3.69. The van der Waals surface area contributed by atoms with Crippen LogP contribution in [0, 0.1) is 17.8 Å². The SMILES string of the molecule is CCC(C(=O)NC(C)(C)C)N(Cc1c(Cl)cccc1Cl)C(=O)CN(c1ccc(C23CC4CC(CC(C4)C2)C3)cc1)S(C)(=O)=O. The van der Waals surface area contributed by atoms with Crippen LogP contribution in [0.25, 0.3) is 0 Å². The van der Waals surface area contributed by atoms with Gasteiger partial charge >= 0.3 is 0 Å². The molecule has 0 spiro atoms. The second-order valence-corrected chi connectivity index (χ2v) is 17.1. The Morgan fingerprint density at radius 1 is 0.955 bits per heavy atom. The predicted octanol–water partition coefficient (Wildman–Crippen LogP) is 6.95. The number of nitrogens with zero attached hydrogens (tertiary/aromatic N) is 2. The number of hydrogen-bond donors (Lipinski definition) is 1. The largest absolute Gasteiger partial charge is 0.350 e. The van der Waals surface area contributed by atoms with Crippen molar-refractivity contribution in [1.29, 1.82) is 0 Å². The fourth-order valence-corrected chi connectivity index (χ4v) is 9.65. The second-order valence-electron chi connectivity index (χ2n) is 14.4. The van der Waals surface area contributed by atoms with Crippen LogP contribution in [0.3, 0.4) is 0 Å². The van der Waals surface area contributed by atoms with Crippen LogP contribution in [0.5, 0.6) is 0 Å². The van der Waals surface area contributed by atoms with E-state index in [1.54, 1.807) is 18.2 Å². The molecule has 4 fully saturated rings. The van der Waals surface area contributed by atoms with Gasteiger partial charge < -0.3 is 10.2 Å². The lowest BCUT2D eigenvalue weighted by Crippen LogP contribution is -2.55. The maximum absolute atomic E-state index is 14.1. The quantitative estimate of drug-likeness (QED) is 0.299. The lowest BCUT2D eigenvalue weighted by atomic mass is 9.48. The van der Waals surface area contributed by atoms with E-state index >= 15 is 0 Å². The number of amides is 2. The Balaban J connectivity index is 1.43. The second kappa shape index (κ2) is 12.5. The van der Waals surface area contributed by atoms with Gasteiger partial charge in [0.1, 0.15) is 12.6 Å². The van der Waals surface area contributed by atoms with Crippen LogP contribution in [-0.4, -0.2) is 49.5 Å². The summed E-state index contributed by atoms with van der Waals surface area (Å²) in [6, 6.07) is 12.0. The van der Waals surface area contributed by atoms with Gasteiger partial charge in [0.05, 0.1) is 11.9 Å². The van der Waals surface area contributed by atoms with Crippen molar-refractivity contribution in [2.24, 2.45) is 17.8 Å². The Labute approximate surface area is 272 Å². The molecule has 2 aromatic carbocycles. The molecular formula is C34H45Cl2N3O4S. The summed E-state index contributed by atoms with van der Waals surface area (Å²) in [6.07, 6.45) is 9.10. The first-order valence-electron chi connectivity index (χ1n) is 15.7. The van der Waals surface area contributed by atoms with Gasteiger partial charge in [0.2, 0.25) is 21.8 Å². The average molecular weight is 663 g/mol. The predicted molar refractivity (Wildman–Crippen MR) is 177 cm³/mol. The van der Waals surface area contributed by atoms with Gasteiger partial charge in [0, 0.05) is 27.7 Å². The molecule has 1 unspecified atom stereocenters. The van der Waals surface area contributed by atoms with Gasteiger partial charge in [0.15, 0.2) is 0 Å². The van der Waals surface area contributed by atoms with Gasteiger partial charge in [-0.25, -0.2) is 8.42 Å². The molecule has 1 N–H and O–H groups in total. The first kappa shape index (κ1) is 33.1. The zero-order valence-corrected chi connectivity index (χ0v) is 28.7. The monoisotopic (exact) mass is 661 g/mol. The first-order valence-corrected chi connectivity index (χ1v) is 18.3. The summed E-state index contributed by atoms with van der Waals surface area (Å²) in [7, 11) is -3.84. The van der Waals surface area contributed by atoms with E-state index in [2.05, 4.69) is 17.4 Å². The maximum Gasteiger partial charge on any atom is 0.244 e. The van der Waals surface area contributed by atoms with E-state index in [9.17, 15) is 18.0 Å². The molecule has 1 atom stereocenters. The smallest absolute Gasteiger partial charge is 0.244 e. The normalized spacial score (nSPS) is 25.0. The van der Waals surface area contributed by atoms with E-state index in [-0.39, 0.29) is 17.9 Å². The number of rotatable bonds is 10. The Morgan fingerprint density at radius 3 is 1.93 bits per heavy atom. The standard InChI is InChI=1S/C34H45Cl2N3O4S/c1-6-30(32(41)37-33(2,3)4)38(20-27-28(35)8-7-9-29(27)36)31(40)21-39(44(5,42)43)26-12-10-25(11-13-26)34-17-22-14-23(18-34)16-24(15-22)19-34/h7-13,22-24,30H,6,14-21H2,1-5H3,(H,37,41). The number of benzene rings is 2. The van der Waals surface area contributed by atoms with Crippen LogP contribution >= 0.6 is 23.2 Å². The Morgan fingerprint density at radius 2 is 1.48 bits per heavy atom. The molecule has 0 heterocycles. The molecule has 2 amide bonds. The highest BCUT2D eigenvalue weighted by molar-refractivity contribution is 7.92. The molecule has 7 nitrogen and oxygen atoms in total. The highest BCUT2D eigenvalue weighted by Crippen LogP contribution is 2.60. The number of carbonyl (C=O) groups is 2. The number of nitrogens with one attached hydrogen (secondary N) is 1. The minimum absolute atomic E-state index is 0.0457. The molecule has 0 saturated heterocycles. The van der Waals surface area contributed by atoms with E-state index in [1.807, 2.05) is 39.8 Å². The van der Waals surface area contributed by atoms with Gasteiger partial charge in [0.25, 0.3) is 0 Å². The van der Waals surface area contributed by atoms with Crippen molar-refractivity contribution >= 4 is 50.7 Å². The molecular weight excluding hydrogens is 617 g/mol. The Bertz CT molecular complexity index is 1450. The van der Waals surface area contributed by atoms with E-state index < -0.39 is 34.1 Å². The van der Waals surface area contributed by atoms with Crippen LogP contribution in [0.4, 0.5) is 5.69 Å². The number of halogens is 2. The van der Waals surface area contributed by atoms with Crippen molar-refractivity contribution < 1.29 is 18.0 Å². The van der Waals surface area contributed by atoms with Gasteiger partial charge in [-0.1, -0.05) is 48.3 Å². The zero-order valence-electron chi connectivity index (χ0n) is 26.4. The lowest BCUT2D eigenvalue weighted by Gasteiger charge is -2.57. The summed E-state index contributed by atoms with van der Waals surface area (Å²) >= 11 is 13.0. The van der Waals surface area contributed by atoms with Gasteiger partial charge in [-0.15, -0.1) is 0 Å². The summed E-state index contributed by atoms with van der Waals surface area (Å²) in [6.45, 7) is 6.92. The van der Waals surface area contributed by atoms with Gasteiger partial charge in [-0.2, -0.15) is 0 Å². The number of anilines is 1. The highest BCUT2D eigenvalue weighted by Gasteiger charge is 2.51. The third-order valence-electron chi connectivity index (χ3n) is 9.76. The first-order chi connectivity index (χ1) is 20.6. The fraction of sp³-hybridized carbons (Fsp3) is 0.588. The van der Waals surface area contributed by atoms with E-state index in [0.29, 0.717) is 27.7 Å². The Kier molecular flexibility index (Phi) is 9.39. The molecule has 4 bridgehead atoms. The van der Waals surface area contributed by atoms with Crippen molar-refractivity contribution in [3.63, 3.8) is 0 Å². The third-order valence-corrected chi connectivity index (χ3v) is 11.6. The average Bonchev–Trinajstić information content (AvgIpc) is 2.91. The van der Waals surface area contributed by atoms with Crippen LogP contribution in [0.2, 0.25) is 10.0 Å². The lowest BCUT2D eigenvalue weighted by molar-refractivity contribution is -0.141. The maximum atomic E-state index is 14.1. The van der Waals surface area contributed by atoms with E-state index in [0.717, 1.165) is 28.3 Å².